The molecule has 4 rings (SSSR count). The first-order chi connectivity index (χ1) is 16.0. The third-order valence-electron chi connectivity index (χ3n) is 6.63. The molecular weight excluding hydrogens is 453 g/mol. The molecule has 3 N–H and O–H groups in total. The van der Waals surface area contributed by atoms with Crippen LogP contribution in [0.15, 0.2) is 47.3 Å². The maximum absolute atomic E-state index is 12.9. The number of hydrogen-bond acceptors (Lipinski definition) is 5. The highest BCUT2D eigenvalue weighted by Crippen LogP contribution is 2.39. The third-order valence-corrected chi connectivity index (χ3v) is 6.63. The molecule has 8 nitrogen and oxygen atoms in total. The number of nitrogens with one attached hydrogen (secondary N) is 1. The van der Waals surface area contributed by atoms with Gasteiger partial charge in [-0.2, -0.15) is 13.2 Å². The van der Waals surface area contributed by atoms with Gasteiger partial charge in [0.05, 0.1) is 11.7 Å². The topological polar surface area (TPSA) is 105 Å². The molecule has 0 bridgehead atoms. The summed E-state index contributed by atoms with van der Waals surface area (Å²) in [5.74, 6) is -0.661. The molecule has 2 aliphatic heterocycles. The second kappa shape index (κ2) is 9.28. The van der Waals surface area contributed by atoms with Crippen LogP contribution in [0, 0.1) is 5.92 Å². The number of allylic oxidation sites excluding steroid dienone is 6. The zero-order valence-electron chi connectivity index (χ0n) is 18.7. The van der Waals surface area contributed by atoms with Crippen molar-refractivity contribution in [1.29, 1.82) is 0 Å². The number of alkyl halides is 3. The lowest BCUT2D eigenvalue weighted by atomic mass is 9.76. The largest absolute Gasteiger partial charge is 0.412 e. The van der Waals surface area contributed by atoms with Crippen molar-refractivity contribution in [2.45, 2.75) is 63.6 Å². The summed E-state index contributed by atoms with van der Waals surface area (Å²) in [7, 11) is 0. The van der Waals surface area contributed by atoms with Gasteiger partial charge in [0.1, 0.15) is 6.54 Å². The number of hydrogen-bond donors (Lipinski definition) is 2. The Morgan fingerprint density at radius 2 is 1.97 bits per heavy atom. The van der Waals surface area contributed by atoms with E-state index >= 15 is 0 Å². The minimum Gasteiger partial charge on any atom is -0.366 e. The molecule has 0 radical (unpaired) electrons. The van der Waals surface area contributed by atoms with Gasteiger partial charge in [0.2, 0.25) is 5.91 Å². The highest BCUT2D eigenvalue weighted by atomic mass is 19.4. The van der Waals surface area contributed by atoms with Crippen LogP contribution in [0.4, 0.5) is 18.0 Å². The minimum absolute atomic E-state index is 0.0620. The molecule has 1 saturated carbocycles. The van der Waals surface area contributed by atoms with Crippen LogP contribution in [-0.2, 0) is 14.3 Å². The maximum Gasteiger partial charge on any atom is 0.412 e. The molecule has 0 aromatic carbocycles. The lowest BCUT2D eigenvalue weighted by molar-refractivity contribution is -0.129. The normalized spacial score (nSPS) is 28.1. The monoisotopic (exact) mass is 480 g/mol. The van der Waals surface area contributed by atoms with Gasteiger partial charge < -0.3 is 15.8 Å². The van der Waals surface area contributed by atoms with Crippen LogP contribution in [0.2, 0.25) is 0 Å². The van der Waals surface area contributed by atoms with E-state index in [0.717, 1.165) is 6.08 Å². The summed E-state index contributed by atoms with van der Waals surface area (Å²) in [5, 5.41) is 2.96. The number of carbonyl (C=O) groups is 3. The van der Waals surface area contributed by atoms with Crippen molar-refractivity contribution in [2.75, 3.05) is 6.54 Å². The van der Waals surface area contributed by atoms with Gasteiger partial charge in [0.15, 0.2) is 6.23 Å². The quantitative estimate of drug-likeness (QED) is 0.546. The first-order valence-corrected chi connectivity index (χ1v) is 11.2. The number of rotatable bonds is 7. The molecule has 184 valence electrons. The number of halogens is 3. The van der Waals surface area contributed by atoms with Gasteiger partial charge in [-0.3, -0.25) is 19.4 Å². The molecule has 2 heterocycles. The van der Waals surface area contributed by atoms with Gasteiger partial charge in [0, 0.05) is 17.3 Å². The molecule has 0 spiro atoms. The second-order valence-electron chi connectivity index (χ2n) is 9.05. The summed E-state index contributed by atoms with van der Waals surface area (Å²) in [4.78, 5) is 39.5. The van der Waals surface area contributed by atoms with Crippen LogP contribution in [0.1, 0.15) is 39.0 Å². The molecular formula is C23H27F3N4O4. The van der Waals surface area contributed by atoms with Crippen LogP contribution < -0.4 is 11.1 Å². The Hall–Kier alpha value is -3.08. The first kappa shape index (κ1) is 24.1. The first-order valence-electron chi connectivity index (χ1n) is 11.2. The number of nitrogens with zero attached hydrogens (tertiary/aromatic N) is 2. The zero-order chi connectivity index (χ0) is 24.6. The predicted octanol–water partition coefficient (Wildman–Crippen LogP) is 2.85. The van der Waals surface area contributed by atoms with Gasteiger partial charge in [-0.15, -0.1) is 0 Å². The van der Waals surface area contributed by atoms with Gasteiger partial charge in [0.25, 0.3) is 5.91 Å². The fourth-order valence-corrected chi connectivity index (χ4v) is 4.84. The summed E-state index contributed by atoms with van der Waals surface area (Å²) in [6.45, 7) is 1.74. The molecule has 2 aliphatic carbocycles. The highest BCUT2D eigenvalue weighted by molar-refractivity contribution is 6.03. The van der Waals surface area contributed by atoms with E-state index in [-0.39, 0.29) is 43.4 Å². The van der Waals surface area contributed by atoms with Crippen molar-refractivity contribution in [2.24, 2.45) is 11.7 Å². The molecule has 34 heavy (non-hydrogen) atoms. The number of urea groups is 1. The summed E-state index contributed by atoms with van der Waals surface area (Å²) >= 11 is 0. The lowest BCUT2D eigenvalue weighted by Crippen LogP contribution is -2.49. The summed E-state index contributed by atoms with van der Waals surface area (Å²) in [5.41, 5.74) is 5.51. The minimum atomic E-state index is -4.39. The van der Waals surface area contributed by atoms with Crippen LogP contribution in [0.5, 0.6) is 0 Å². The second-order valence-corrected chi connectivity index (χ2v) is 9.05. The maximum atomic E-state index is 12.9. The fourth-order valence-electron chi connectivity index (χ4n) is 4.84. The van der Waals surface area contributed by atoms with Gasteiger partial charge in [-0.25, -0.2) is 4.79 Å². The van der Waals surface area contributed by atoms with Crippen molar-refractivity contribution < 1.29 is 32.3 Å². The molecule has 2 atom stereocenters. The van der Waals surface area contributed by atoms with Crippen molar-refractivity contribution >= 4 is 17.8 Å². The molecule has 4 aliphatic rings. The number of amides is 4. The molecule has 11 heteroatoms. The van der Waals surface area contributed by atoms with E-state index in [1.54, 1.807) is 18.4 Å². The van der Waals surface area contributed by atoms with Gasteiger partial charge >= 0.3 is 12.2 Å². The van der Waals surface area contributed by atoms with Gasteiger partial charge in [-0.05, 0) is 69.4 Å². The van der Waals surface area contributed by atoms with E-state index in [0.29, 0.717) is 30.5 Å². The Labute approximate surface area is 194 Å². The van der Waals surface area contributed by atoms with Crippen molar-refractivity contribution in [3.8, 4) is 0 Å². The number of ether oxygens (including phenoxy) is 1. The summed E-state index contributed by atoms with van der Waals surface area (Å²) in [6, 6.07) is -0.702. The van der Waals surface area contributed by atoms with Crippen LogP contribution in [0.25, 0.3) is 0 Å². The Kier molecular flexibility index (Phi) is 6.57. The van der Waals surface area contributed by atoms with Crippen molar-refractivity contribution in [1.82, 2.24) is 15.1 Å². The van der Waals surface area contributed by atoms with Crippen molar-refractivity contribution in [3.63, 3.8) is 0 Å². The number of dihydropyridines is 1. The van der Waals surface area contributed by atoms with E-state index < -0.39 is 29.9 Å². The lowest BCUT2D eigenvalue weighted by Gasteiger charge is -2.41. The number of carbonyl (C=O) groups excluding carboxylic acids is 3. The highest BCUT2D eigenvalue weighted by Gasteiger charge is 2.47. The van der Waals surface area contributed by atoms with Gasteiger partial charge in [-0.1, -0.05) is 6.08 Å². The van der Waals surface area contributed by atoms with E-state index in [1.165, 1.54) is 15.9 Å². The zero-order valence-corrected chi connectivity index (χ0v) is 18.7. The molecule has 0 aromatic heterocycles. The Morgan fingerprint density at radius 3 is 2.59 bits per heavy atom. The summed E-state index contributed by atoms with van der Waals surface area (Å²) < 4.78 is 44.4. The van der Waals surface area contributed by atoms with Crippen LogP contribution >= 0.6 is 0 Å². The Balaban J connectivity index is 1.29. The average molecular weight is 480 g/mol. The Bertz CT molecular complexity index is 995. The SMILES string of the molecule is C[C@@H](CC1CC(N2C(=O)CN(C3=CC=C(C(F)(F)F)CC3)C2=O)C1)OC1NC=CC=C1C(N)=O. The Morgan fingerprint density at radius 1 is 1.24 bits per heavy atom. The standard InChI is InChI=1S/C23H27F3N4O4/c1-13(34-21-18(20(27)32)3-2-8-28-21)9-14-10-17(11-14)30-19(31)12-29(22(30)33)16-6-4-15(5-7-16)23(24,25)26/h2-4,6,8,13-14,17,21,28H,5,7,9-12H2,1H3,(H2,27,32)/t13-,14?,17?,21?/m0/s1. The molecule has 1 saturated heterocycles. The van der Waals surface area contributed by atoms with Crippen LogP contribution in [0.3, 0.4) is 0 Å². The predicted molar refractivity (Wildman–Crippen MR) is 115 cm³/mol. The van der Waals surface area contributed by atoms with Crippen LogP contribution in [-0.4, -0.2) is 58.7 Å². The third kappa shape index (κ3) is 4.89. The molecule has 4 amide bonds. The van der Waals surface area contributed by atoms with E-state index in [4.69, 9.17) is 10.5 Å². The number of imide groups is 1. The number of primary amides is 1. The smallest absolute Gasteiger partial charge is 0.366 e. The average Bonchev–Trinajstić information content (AvgIpc) is 3.04. The number of nitrogens with two attached hydrogens (primary N) is 1. The molecule has 1 unspecified atom stereocenters. The van der Waals surface area contributed by atoms with E-state index in [2.05, 4.69) is 5.32 Å². The van der Waals surface area contributed by atoms with Crippen molar-refractivity contribution in [3.05, 3.63) is 47.3 Å². The van der Waals surface area contributed by atoms with E-state index in [1.807, 2.05) is 6.92 Å². The molecule has 0 aromatic rings. The summed E-state index contributed by atoms with van der Waals surface area (Å²) in [6.07, 6.45) is 3.80. The molecule has 2 fully saturated rings. The van der Waals surface area contributed by atoms with E-state index in [9.17, 15) is 27.6 Å². The fraction of sp³-hybridized carbons (Fsp3) is 0.522.